The third-order valence-corrected chi connectivity index (χ3v) is 7.02. The molecule has 0 atom stereocenters. The van der Waals surface area contributed by atoms with Crippen molar-refractivity contribution in [3.63, 3.8) is 0 Å². The van der Waals surface area contributed by atoms with E-state index in [0.717, 1.165) is 0 Å². The van der Waals surface area contributed by atoms with Gasteiger partial charge < -0.3 is 15.8 Å². The van der Waals surface area contributed by atoms with Crippen LogP contribution in [0.15, 0.2) is 82.7 Å². The van der Waals surface area contributed by atoms with Crippen LogP contribution in [-0.4, -0.2) is 26.4 Å². The summed E-state index contributed by atoms with van der Waals surface area (Å²) in [7, 11) is -2.23. The molecule has 0 saturated carbocycles. The highest BCUT2D eigenvalue weighted by Crippen LogP contribution is 2.34. The van der Waals surface area contributed by atoms with E-state index in [0.29, 0.717) is 33.6 Å². The molecule has 162 valence electrons. The summed E-state index contributed by atoms with van der Waals surface area (Å²) < 4.78 is 31.9. The van der Waals surface area contributed by atoms with Crippen molar-refractivity contribution in [2.75, 3.05) is 12.4 Å². The maximum atomic E-state index is 13.3. The number of aryl methyl sites for hydroxylation is 1. The fraction of sp³-hybridized carbons (Fsp3) is 0.0833. The second kappa shape index (κ2) is 8.32. The molecule has 0 fully saturated rings. The van der Waals surface area contributed by atoms with Crippen molar-refractivity contribution in [1.29, 1.82) is 0 Å². The number of primary amides is 1. The molecule has 0 aliphatic heterocycles. The van der Waals surface area contributed by atoms with Crippen LogP contribution in [0.3, 0.4) is 0 Å². The molecule has 1 amide bonds. The van der Waals surface area contributed by atoms with Crippen molar-refractivity contribution in [1.82, 2.24) is 4.98 Å². The zero-order valence-electron chi connectivity index (χ0n) is 17.5. The zero-order valence-corrected chi connectivity index (χ0v) is 18.3. The molecule has 0 aliphatic rings. The van der Waals surface area contributed by atoms with Crippen molar-refractivity contribution in [2.24, 2.45) is 5.73 Å². The number of carbonyl (C=O) groups excluding carboxylic acids is 1. The Morgan fingerprint density at radius 1 is 1.03 bits per heavy atom. The van der Waals surface area contributed by atoms with E-state index in [1.54, 1.807) is 74.7 Å². The molecule has 0 radical (unpaired) electrons. The van der Waals surface area contributed by atoms with Gasteiger partial charge in [-0.15, -0.1) is 0 Å². The average molecular weight is 448 g/mol. The summed E-state index contributed by atoms with van der Waals surface area (Å²) in [6, 6.07) is 18.6. The Bertz CT molecular complexity index is 1430. The van der Waals surface area contributed by atoms with Crippen molar-refractivity contribution >= 4 is 38.0 Å². The van der Waals surface area contributed by atoms with E-state index in [9.17, 15) is 13.2 Å². The fourth-order valence-corrected chi connectivity index (χ4v) is 5.03. The molecule has 1 aromatic heterocycles. The number of carbonyl (C=O) groups is 1. The molecule has 8 heteroatoms. The Hall–Kier alpha value is -3.91. The number of methoxy groups -OCH3 is 1. The summed E-state index contributed by atoms with van der Waals surface area (Å²) in [6.07, 6.45) is 1.39. The molecule has 0 bridgehead atoms. The van der Waals surface area contributed by atoms with Gasteiger partial charge >= 0.3 is 0 Å². The molecule has 3 aromatic carbocycles. The second-order valence-electron chi connectivity index (χ2n) is 7.22. The molecule has 0 unspecified atom stereocenters. The Balaban J connectivity index is 1.96. The van der Waals surface area contributed by atoms with E-state index in [1.807, 2.05) is 0 Å². The molecule has 0 spiro atoms. The van der Waals surface area contributed by atoms with Gasteiger partial charge in [0.15, 0.2) is 0 Å². The van der Waals surface area contributed by atoms with Crippen LogP contribution in [0.2, 0.25) is 0 Å². The lowest BCUT2D eigenvalue weighted by molar-refractivity contribution is 0.100. The number of anilines is 2. The van der Waals surface area contributed by atoms with Crippen molar-refractivity contribution in [3.8, 4) is 5.75 Å². The molecule has 4 rings (SSSR count). The highest BCUT2D eigenvalue weighted by Gasteiger charge is 2.23. The molecule has 32 heavy (non-hydrogen) atoms. The lowest BCUT2D eigenvalue weighted by atomic mass is 10.1. The number of amides is 1. The number of hydrogen-bond acceptors (Lipinski definition) is 6. The van der Waals surface area contributed by atoms with Crippen LogP contribution in [0.4, 0.5) is 11.4 Å². The summed E-state index contributed by atoms with van der Waals surface area (Å²) in [6.45, 7) is 1.72. The molecule has 0 aliphatic carbocycles. The molecule has 4 aromatic rings. The molecule has 3 N–H and O–H groups in total. The third kappa shape index (κ3) is 3.88. The minimum Gasteiger partial charge on any atom is -0.497 e. The summed E-state index contributed by atoms with van der Waals surface area (Å²) in [5.41, 5.74) is 7.85. The summed E-state index contributed by atoms with van der Waals surface area (Å²) in [4.78, 5) is 16.8. The van der Waals surface area contributed by atoms with E-state index in [1.165, 1.54) is 12.3 Å². The lowest BCUT2D eigenvalue weighted by Crippen LogP contribution is -2.14. The monoisotopic (exact) mass is 447 g/mol. The van der Waals surface area contributed by atoms with Gasteiger partial charge in [0.2, 0.25) is 9.84 Å². The Morgan fingerprint density at radius 2 is 1.78 bits per heavy atom. The third-order valence-electron chi connectivity index (χ3n) is 5.11. The topological polar surface area (TPSA) is 111 Å². The molecule has 7 nitrogen and oxygen atoms in total. The number of rotatable bonds is 6. The minimum atomic E-state index is -3.79. The van der Waals surface area contributed by atoms with Gasteiger partial charge in [0.05, 0.1) is 33.7 Å². The number of aromatic nitrogens is 1. The van der Waals surface area contributed by atoms with Gasteiger partial charge in [-0.2, -0.15) is 0 Å². The number of ether oxygens (including phenoxy) is 1. The first-order chi connectivity index (χ1) is 15.3. The summed E-state index contributed by atoms with van der Waals surface area (Å²) in [5, 5.41) is 3.66. The van der Waals surface area contributed by atoms with Gasteiger partial charge in [-0.05, 0) is 48.9 Å². The SMILES string of the molecule is COc1cccc(Nc2c(C(N)=O)cnc3cc(C)c(S(=O)(=O)c4ccccc4)cc23)c1. The van der Waals surface area contributed by atoms with Crippen molar-refractivity contribution < 1.29 is 17.9 Å². The Kier molecular flexibility index (Phi) is 5.54. The number of benzene rings is 3. The normalized spacial score (nSPS) is 11.3. The van der Waals surface area contributed by atoms with Crippen molar-refractivity contribution in [2.45, 2.75) is 16.7 Å². The standard InChI is InChI=1S/C24H21N3O4S/c1-15-11-21-19(13-22(15)32(29,30)18-9-4-3-5-10-18)23(20(14-26-21)24(25)28)27-16-7-6-8-17(12-16)31-2/h3-14H,1-2H3,(H2,25,28)(H,26,27). The maximum absolute atomic E-state index is 13.3. The molecular formula is C24H21N3O4S. The number of sulfone groups is 1. The van der Waals surface area contributed by atoms with Gasteiger partial charge in [-0.25, -0.2) is 8.42 Å². The van der Waals surface area contributed by atoms with E-state index >= 15 is 0 Å². The molecule has 1 heterocycles. The quantitative estimate of drug-likeness (QED) is 0.458. The lowest BCUT2D eigenvalue weighted by Gasteiger charge is -2.16. The number of nitrogens with two attached hydrogens (primary N) is 1. The number of nitrogens with zero attached hydrogens (tertiary/aromatic N) is 1. The first kappa shape index (κ1) is 21.3. The number of pyridine rings is 1. The van der Waals surface area contributed by atoms with Crippen LogP contribution in [-0.2, 0) is 9.84 Å². The van der Waals surface area contributed by atoms with Crippen LogP contribution in [0.25, 0.3) is 10.9 Å². The van der Waals surface area contributed by atoms with Crippen molar-refractivity contribution in [3.05, 3.63) is 84.1 Å². The highest BCUT2D eigenvalue weighted by molar-refractivity contribution is 7.91. The first-order valence-corrected chi connectivity index (χ1v) is 11.2. The Morgan fingerprint density at radius 3 is 2.47 bits per heavy atom. The summed E-state index contributed by atoms with van der Waals surface area (Å²) in [5.74, 6) is -0.0602. The van der Waals surface area contributed by atoms with E-state index < -0.39 is 15.7 Å². The largest absolute Gasteiger partial charge is 0.497 e. The number of hydrogen-bond donors (Lipinski definition) is 2. The van der Waals surface area contributed by atoms with Crippen LogP contribution in [0.1, 0.15) is 15.9 Å². The first-order valence-electron chi connectivity index (χ1n) is 9.75. The van der Waals surface area contributed by atoms with Gasteiger partial charge in [-0.3, -0.25) is 9.78 Å². The predicted octanol–water partition coefficient (Wildman–Crippen LogP) is 4.23. The fourth-order valence-electron chi connectivity index (χ4n) is 3.51. The average Bonchev–Trinajstić information content (AvgIpc) is 2.79. The van der Waals surface area contributed by atoms with Crippen LogP contribution < -0.4 is 15.8 Å². The van der Waals surface area contributed by atoms with Gasteiger partial charge in [0.1, 0.15) is 5.75 Å². The van der Waals surface area contributed by atoms with E-state index in [-0.39, 0.29) is 15.4 Å². The molecular weight excluding hydrogens is 426 g/mol. The predicted molar refractivity (Wildman–Crippen MR) is 123 cm³/mol. The van der Waals surface area contributed by atoms with Gasteiger partial charge in [-0.1, -0.05) is 24.3 Å². The smallest absolute Gasteiger partial charge is 0.252 e. The summed E-state index contributed by atoms with van der Waals surface area (Å²) >= 11 is 0. The van der Waals surface area contributed by atoms with Gasteiger partial charge in [0.25, 0.3) is 5.91 Å². The van der Waals surface area contributed by atoms with E-state index in [4.69, 9.17) is 10.5 Å². The Labute approximate surface area is 185 Å². The number of fused-ring (bicyclic) bond motifs is 1. The van der Waals surface area contributed by atoms with Gasteiger partial charge in [0, 0.05) is 23.3 Å². The second-order valence-corrected chi connectivity index (χ2v) is 9.14. The van der Waals surface area contributed by atoms with Crippen LogP contribution in [0.5, 0.6) is 5.75 Å². The number of nitrogens with one attached hydrogen (secondary N) is 1. The maximum Gasteiger partial charge on any atom is 0.252 e. The highest BCUT2D eigenvalue weighted by atomic mass is 32.2. The van der Waals surface area contributed by atoms with Crippen LogP contribution in [0, 0.1) is 6.92 Å². The van der Waals surface area contributed by atoms with E-state index in [2.05, 4.69) is 10.3 Å². The minimum absolute atomic E-state index is 0.133. The zero-order chi connectivity index (χ0) is 22.9. The van der Waals surface area contributed by atoms with Crippen LogP contribution >= 0.6 is 0 Å². The molecule has 0 saturated heterocycles.